The maximum atomic E-state index is 12.7. The number of benzene rings is 2. The predicted octanol–water partition coefficient (Wildman–Crippen LogP) is 3.73. The van der Waals surface area contributed by atoms with Crippen LogP contribution >= 0.6 is 0 Å². The molecule has 7 heteroatoms. The van der Waals surface area contributed by atoms with Crippen molar-refractivity contribution in [3.63, 3.8) is 0 Å². The third kappa shape index (κ3) is 5.18. The van der Waals surface area contributed by atoms with Gasteiger partial charge in [-0.2, -0.15) is 0 Å². The Morgan fingerprint density at radius 1 is 1.06 bits per heavy atom. The minimum absolute atomic E-state index is 0.000915. The number of nitrogens with zero attached hydrogens (tertiary/aromatic N) is 1. The summed E-state index contributed by atoms with van der Waals surface area (Å²) in [6.45, 7) is 4.61. The van der Waals surface area contributed by atoms with Gasteiger partial charge in [0, 0.05) is 24.9 Å². The number of alkyl carbamates (subject to hydrolysis) is 1. The van der Waals surface area contributed by atoms with Crippen molar-refractivity contribution < 1.29 is 24.2 Å². The Morgan fingerprint density at radius 3 is 2.24 bits per heavy atom. The van der Waals surface area contributed by atoms with Crippen LogP contribution in [0.3, 0.4) is 0 Å². The number of amides is 2. The molecule has 1 saturated carbocycles. The van der Waals surface area contributed by atoms with Crippen LogP contribution in [0.25, 0.3) is 11.1 Å². The van der Waals surface area contributed by atoms with Gasteiger partial charge in [-0.05, 0) is 40.5 Å². The molecular weight excluding hydrogens is 420 g/mol. The summed E-state index contributed by atoms with van der Waals surface area (Å²) in [7, 11) is 0. The molecule has 2 aliphatic rings. The second-order valence-electron chi connectivity index (χ2n) is 9.32. The molecule has 2 aliphatic carbocycles. The molecule has 4 rings (SSSR count). The van der Waals surface area contributed by atoms with Crippen molar-refractivity contribution in [1.82, 2.24) is 10.2 Å². The van der Waals surface area contributed by atoms with Gasteiger partial charge >= 0.3 is 12.1 Å². The molecule has 0 bridgehead atoms. The number of hydrogen-bond acceptors (Lipinski definition) is 4. The number of rotatable bonds is 9. The highest BCUT2D eigenvalue weighted by Gasteiger charge is 2.45. The Morgan fingerprint density at radius 2 is 1.67 bits per heavy atom. The minimum Gasteiger partial charge on any atom is -0.480 e. The quantitative estimate of drug-likeness (QED) is 0.607. The standard InChI is InChI=1S/C26H30N2O5/c1-16(2)13-28(14-24(29)30)25(31)22-11-17(22)12-27-26(32)33-15-23-20-9-5-3-7-18(20)19-8-4-6-10-21(19)23/h3-10,16-17,22-23H,11-15H2,1-2H3,(H,27,32)(H,29,30)/t17-,22-/m0/s1. The SMILES string of the molecule is CC(C)CN(CC(=O)O)C(=O)[C@H]1C[C@H]1CNC(=O)OCC1c2ccccc2-c2ccccc21. The number of aliphatic carboxylic acids is 1. The zero-order valence-electron chi connectivity index (χ0n) is 19.0. The summed E-state index contributed by atoms with van der Waals surface area (Å²) >= 11 is 0. The van der Waals surface area contributed by atoms with Gasteiger partial charge in [-0.1, -0.05) is 62.4 Å². The number of carboxylic acids is 1. The molecule has 0 heterocycles. The lowest BCUT2D eigenvalue weighted by Crippen LogP contribution is -2.40. The average Bonchev–Trinajstić information content (AvgIpc) is 3.49. The maximum absolute atomic E-state index is 12.7. The summed E-state index contributed by atoms with van der Waals surface area (Å²) in [6, 6.07) is 16.3. The molecule has 2 atom stereocenters. The van der Waals surface area contributed by atoms with E-state index in [0.29, 0.717) is 19.5 Å². The van der Waals surface area contributed by atoms with Crippen LogP contribution in [-0.2, 0) is 14.3 Å². The molecule has 0 unspecified atom stereocenters. The Kier molecular flexibility index (Phi) is 6.67. The molecule has 2 aromatic rings. The number of hydrogen-bond donors (Lipinski definition) is 2. The lowest BCUT2D eigenvalue weighted by atomic mass is 9.98. The van der Waals surface area contributed by atoms with E-state index < -0.39 is 12.1 Å². The summed E-state index contributed by atoms with van der Waals surface area (Å²) in [6.07, 6.45) is 0.149. The van der Waals surface area contributed by atoms with Crippen molar-refractivity contribution in [2.75, 3.05) is 26.2 Å². The van der Waals surface area contributed by atoms with Gasteiger partial charge in [0.15, 0.2) is 0 Å². The molecule has 0 radical (unpaired) electrons. The van der Waals surface area contributed by atoms with Gasteiger partial charge < -0.3 is 20.1 Å². The summed E-state index contributed by atoms with van der Waals surface area (Å²) in [5, 5.41) is 11.9. The van der Waals surface area contributed by atoms with Crippen LogP contribution in [0.5, 0.6) is 0 Å². The number of ether oxygens (including phenoxy) is 1. The monoisotopic (exact) mass is 450 g/mol. The summed E-state index contributed by atoms with van der Waals surface area (Å²) in [5.74, 6) is -1.20. The molecule has 0 aliphatic heterocycles. The summed E-state index contributed by atoms with van der Waals surface area (Å²) in [5.41, 5.74) is 4.66. The van der Waals surface area contributed by atoms with Crippen molar-refractivity contribution in [1.29, 1.82) is 0 Å². The lowest BCUT2D eigenvalue weighted by molar-refractivity contribution is -0.145. The van der Waals surface area contributed by atoms with Crippen LogP contribution in [0.4, 0.5) is 4.79 Å². The summed E-state index contributed by atoms with van der Waals surface area (Å²) in [4.78, 5) is 37.5. The molecule has 2 amide bonds. The van der Waals surface area contributed by atoms with E-state index in [1.807, 2.05) is 38.1 Å². The number of carbonyl (C=O) groups excluding carboxylic acids is 2. The Bertz CT molecular complexity index is 1000. The Labute approximate surface area is 193 Å². The number of fused-ring (bicyclic) bond motifs is 3. The highest BCUT2D eigenvalue weighted by atomic mass is 16.5. The lowest BCUT2D eigenvalue weighted by Gasteiger charge is -2.23. The molecule has 1 fully saturated rings. The molecule has 2 aromatic carbocycles. The summed E-state index contributed by atoms with van der Waals surface area (Å²) < 4.78 is 5.54. The van der Waals surface area contributed by atoms with Gasteiger partial charge in [-0.25, -0.2) is 4.79 Å². The molecule has 0 aromatic heterocycles. The van der Waals surface area contributed by atoms with Gasteiger partial charge in [0.25, 0.3) is 0 Å². The van der Waals surface area contributed by atoms with Crippen LogP contribution in [-0.4, -0.2) is 54.2 Å². The third-order valence-electron chi connectivity index (χ3n) is 6.32. The molecule has 33 heavy (non-hydrogen) atoms. The van der Waals surface area contributed by atoms with E-state index in [4.69, 9.17) is 9.84 Å². The zero-order valence-corrected chi connectivity index (χ0v) is 19.0. The fourth-order valence-corrected chi connectivity index (χ4v) is 4.71. The number of carbonyl (C=O) groups is 3. The average molecular weight is 451 g/mol. The van der Waals surface area contributed by atoms with E-state index in [0.717, 1.165) is 11.1 Å². The number of carboxylic acid groups (broad SMARTS) is 1. The molecule has 0 spiro atoms. The van der Waals surface area contributed by atoms with Crippen molar-refractivity contribution in [3.05, 3.63) is 59.7 Å². The van der Waals surface area contributed by atoms with Crippen LogP contribution in [0.2, 0.25) is 0 Å². The van der Waals surface area contributed by atoms with Crippen molar-refractivity contribution >= 4 is 18.0 Å². The van der Waals surface area contributed by atoms with Gasteiger partial charge in [-0.15, -0.1) is 0 Å². The minimum atomic E-state index is -1.02. The second kappa shape index (κ2) is 9.65. The van der Waals surface area contributed by atoms with Gasteiger partial charge in [-0.3, -0.25) is 9.59 Å². The highest BCUT2D eigenvalue weighted by Crippen LogP contribution is 2.44. The molecular formula is C26H30N2O5. The van der Waals surface area contributed by atoms with Gasteiger partial charge in [0.05, 0.1) is 0 Å². The molecule has 7 nitrogen and oxygen atoms in total. The topological polar surface area (TPSA) is 95.9 Å². The fourth-order valence-electron chi connectivity index (χ4n) is 4.71. The van der Waals surface area contributed by atoms with E-state index in [-0.39, 0.29) is 42.7 Å². The largest absolute Gasteiger partial charge is 0.480 e. The van der Waals surface area contributed by atoms with Crippen LogP contribution in [0.1, 0.15) is 37.3 Å². The van der Waals surface area contributed by atoms with Crippen molar-refractivity contribution in [3.8, 4) is 11.1 Å². The second-order valence-corrected chi connectivity index (χ2v) is 9.32. The molecule has 174 valence electrons. The number of nitrogens with one attached hydrogen (secondary N) is 1. The van der Waals surface area contributed by atoms with Crippen LogP contribution in [0.15, 0.2) is 48.5 Å². The van der Waals surface area contributed by atoms with E-state index in [2.05, 4.69) is 29.6 Å². The third-order valence-corrected chi connectivity index (χ3v) is 6.32. The normalized spacial score (nSPS) is 18.4. The fraction of sp³-hybridized carbons (Fsp3) is 0.423. The Hall–Kier alpha value is -3.35. The first-order chi connectivity index (χ1) is 15.8. The smallest absolute Gasteiger partial charge is 0.407 e. The van der Waals surface area contributed by atoms with Gasteiger partial charge in [0.2, 0.25) is 5.91 Å². The first-order valence-corrected chi connectivity index (χ1v) is 11.4. The van der Waals surface area contributed by atoms with E-state index in [9.17, 15) is 14.4 Å². The Balaban J connectivity index is 1.27. The van der Waals surface area contributed by atoms with Crippen LogP contribution < -0.4 is 5.32 Å². The first-order valence-electron chi connectivity index (χ1n) is 11.4. The highest BCUT2D eigenvalue weighted by molar-refractivity contribution is 5.85. The van der Waals surface area contributed by atoms with E-state index in [1.165, 1.54) is 16.0 Å². The van der Waals surface area contributed by atoms with Crippen LogP contribution in [0, 0.1) is 17.8 Å². The first kappa shape index (κ1) is 22.8. The van der Waals surface area contributed by atoms with Gasteiger partial charge in [0.1, 0.15) is 13.2 Å². The maximum Gasteiger partial charge on any atom is 0.407 e. The van der Waals surface area contributed by atoms with Crippen molar-refractivity contribution in [2.24, 2.45) is 17.8 Å². The van der Waals surface area contributed by atoms with E-state index in [1.54, 1.807) is 0 Å². The predicted molar refractivity (Wildman–Crippen MR) is 124 cm³/mol. The molecule has 2 N–H and O–H groups in total. The van der Waals surface area contributed by atoms with Crippen molar-refractivity contribution in [2.45, 2.75) is 26.2 Å². The van der Waals surface area contributed by atoms with E-state index >= 15 is 0 Å². The molecule has 0 saturated heterocycles. The zero-order chi connectivity index (χ0) is 23.5.